The summed E-state index contributed by atoms with van der Waals surface area (Å²) in [5.41, 5.74) is 0. The van der Waals surface area contributed by atoms with Crippen LogP contribution in [0.25, 0.3) is 0 Å². The van der Waals surface area contributed by atoms with Crippen LogP contribution in [-0.2, 0) is 38.3 Å². The average Bonchev–Trinajstić information content (AvgIpc) is 3.12. The number of ether oxygens (including phenoxy) is 4. The average molecular weight is 777 g/mol. The zero-order chi connectivity index (χ0) is 39.0. The van der Waals surface area contributed by atoms with Crippen molar-refractivity contribution >= 4 is 16.4 Å². The fourth-order valence-corrected chi connectivity index (χ4v) is 6.39. The summed E-state index contributed by atoms with van der Waals surface area (Å²) in [4.78, 5) is 12.8. The molecule has 13 heteroatoms. The van der Waals surface area contributed by atoms with Crippen molar-refractivity contribution in [2.45, 2.75) is 185 Å². The largest absolute Gasteiger partial charge is 0.457 e. The summed E-state index contributed by atoms with van der Waals surface area (Å²) in [6.45, 7) is 3.85. The highest BCUT2D eigenvalue weighted by Crippen LogP contribution is 2.26. The summed E-state index contributed by atoms with van der Waals surface area (Å²) in [5, 5.41) is 30.5. The molecule has 1 aliphatic heterocycles. The molecular weight excluding hydrogens is 704 g/mol. The van der Waals surface area contributed by atoms with Crippen LogP contribution in [0.15, 0.2) is 36.5 Å². The molecule has 0 radical (unpaired) electrons. The van der Waals surface area contributed by atoms with Gasteiger partial charge in [-0.2, -0.15) is 8.42 Å². The molecule has 4 N–H and O–H groups in total. The molecule has 0 saturated carbocycles. The monoisotopic (exact) mass is 776 g/mol. The van der Waals surface area contributed by atoms with E-state index in [1.54, 1.807) is 0 Å². The van der Waals surface area contributed by atoms with Crippen molar-refractivity contribution in [2.75, 3.05) is 26.4 Å². The van der Waals surface area contributed by atoms with Gasteiger partial charge >= 0.3 is 16.4 Å². The van der Waals surface area contributed by atoms with Gasteiger partial charge in [0.05, 0.1) is 19.8 Å². The number of hydrogen-bond acceptors (Lipinski definition) is 11. The minimum atomic E-state index is -5.06. The van der Waals surface area contributed by atoms with Crippen LogP contribution < -0.4 is 0 Å². The van der Waals surface area contributed by atoms with Crippen molar-refractivity contribution in [1.82, 2.24) is 0 Å². The molecule has 1 heterocycles. The van der Waals surface area contributed by atoms with Crippen molar-refractivity contribution in [2.24, 2.45) is 0 Å². The van der Waals surface area contributed by atoms with Gasteiger partial charge in [-0.1, -0.05) is 115 Å². The zero-order valence-electron chi connectivity index (χ0n) is 32.6. The van der Waals surface area contributed by atoms with Gasteiger partial charge in [-0.05, 0) is 64.2 Å². The van der Waals surface area contributed by atoms with Gasteiger partial charge in [-0.15, -0.1) is 0 Å². The Balaban J connectivity index is 2.51. The molecular formula is C40H72O12S. The van der Waals surface area contributed by atoms with Crippen LogP contribution in [0, 0.1) is 0 Å². The zero-order valence-corrected chi connectivity index (χ0v) is 33.4. The second-order valence-corrected chi connectivity index (χ2v) is 14.9. The summed E-state index contributed by atoms with van der Waals surface area (Å²) >= 11 is 0. The van der Waals surface area contributed by atoms with Gasteiger partial charge < -0.3 is 34.3 Å². The molecule has 1 rings (SSSR count). The fraction of sp³-hybridized carbons (Fsp3) is 0.825. The number of carbonyl (C=O) groups excluding carboxylic acids is 1. The molecule has 0 spiro atoms. The van der Waals surface area contributed by atoms with Gasteiger partial charge in [0.2, 0.25) is 0 Å². The van der Waals surface area contributed by atoms with Gasteiger partial charge in [0.25, 0.3) is 0 Å². The van der Waals surface area contributed by atoms with E-state index in [0.29, 0.717) is 13.0 Å². The maximum absolute atomic E-state index is 12.8. The Labute approximate surface area is 320 Å². The van der Waals surface area contributed by atoms with E-state index in [4.69, 9.17) is 23.5 Å². The first kappa shape index (κ1) is 49.3. The van der Waals surface area contributed by atoms with E-state index in [1.165, 1.54) is 51.4 Å². The lowest BCUT2D eigenvalue weighted by atomic mass is 9.99. The molecule has 53 heavy (non-hydrogen) atoms. The number of allylic oxidation sites excluding steroid dienone is 6. The van der Waals surface area contributed by atoms with Crippen LogP contribution in [0.3, 0.4) is 0 Å². The summed E-state index contributed by atoms with van der Waals surface area (Å²) in [5.74, 6) is -0.418. The minimum Gasteiger partial charge on any atom is -0.457 e. The topological polar surface area (TPSA) is 178 Å². The summed E-state index contributed by atoms with van der Waals surface area (Å²) < 4.78 is 58.8. The van der Waals surface area contributed by atoms with E-state index in [9.17, 15) is 28.5 Å². The van der Waals surface area contributed by atoms with Gasteiger partial charge in [-0.3, -0.25) is 9.35 Å². The van der Waals surface area contributed by atoms with E-state index >= 15 is 0 Å². The second kappa shape index (κ2) is 32.6. The third kappa shape index (κ3) is 26.7. The molecule has 1 saturated heterocycles. The van der Waals surface area contributed by atoms with E-state index in [-0.39, 0.29) is 19.6 Å². The Morgan fingerprint density at radius 2 is 1.28 bits per heavy atom. The van der Waals surface area contributed by atoms with Gasteiger partial charge in [0, 0.05) is 13.0 Å². The Bertz CT molecular complexity index is 1080. The van der Waals surface area contributed by atoms with Crippen LogP contribution >= 0.6 is 0 Å². The van der Waals surface area contributed by atoms with E-state index in [2.05, 4.69) is 54.5 Å². The van der Waals surface area contributed by atoms with Crippen LogP contribution in [0.2, 0.25) is 0 Å². The first-order valence-corrected chi connectivity index (χ1v) is 21.6. The Kier molecular flexibility index (Phi) is 30.3. The second-order valence-electron chi connectivity index (χ2n) is 13.9. The molecule has 12 nitrogen and oxygen atoms in total. The highest BCUT2D eigenvalue weighted by atomic mass is 32.3. The first-order valence-electron chi connectivity index (χ1n) is 20.2. The van der Waals surface area contributed by atoms with Crippen LogP contribution in [0.4, 0.5) is 0 Å². The molecule has 0 aromatic carbocycles. The summed E-state index contributed by atoms with van der Waals surface area (Å²) in [6.07, 6.45) is 26.1. The SMILES string of the molecule is CCC/C=C\C/C=C\CCCCCCCC(=O)OC(COCCCCCCCC/C=C\CCCCC)COC1OC(CO)C(O)C(OS(=O)(=O)O)C1O. The molecule has 1 aliphatic rings. The first-order chi connectivity index (χ1) is 25.6. The maximum Gasteiger partial charge on any atom is 0.397 e. The van der Waals surface area contributed by atoms with Crippen LogP contribution in [0.5, 0.6) is 0 Å². The lowest BCUT2D eigenvalue weighted by Gasteiger charge is -2.41. The van der Waals surface area contributed by atoms with Crippen molar-refractivity contribution in [3.63, 3.8) is 0 Å². The molecule has 1 fully saturated rings. The molecule has 6 atom stereocenters. The van der Waals surface area contributed by atoms with Gasteiger partial charge in [0.15, 0.2) is 6.29 Å². The predicted octanol–water partition coefficient (Wildman–Crippen LogP) is 7.46. The summed E-state index contributed by atoms with van der Waals surface area (Å²) in [7, 11) is -5.06. The van der Waals surface area contributed by atoms with Gasteiger partial charge in [-0.25, -0.2) is 4.18 Å². The van der Waals surface area contributed by atoms with Crippen molar-refractivity contribution in [3.8, 4) is 0 Å². The number of carbonyl (C=O) groups is 1. The highest BCUT2D eigenvalue weighted by Gasteiger charge is 2.48. The van der Waals surface area contributed by atoms with Crippen molar-refractivity contribution < 1.29 is 56.2 Å². The van der Waals surface area contributed by atoms with Crippen LogP contribution in [-0.4, -0.2) is 97.5 Å². The molecule has 6 unspecified atom stereocenters. The third-order valence-electron chi connectivity index (χ3n) is 8.97. The molecule has 0 aliphatic carbocycles. The lowest BCUT2D eigenvalue weighted by molar-refractivity contribution is -0.301. The fourth-order valence-electron chi connectivity index (χ4n) is 5.88. The molecule has 0 bridgehead atoms. The smallest absolute Gasteiger partial charge is 0.397 e. The quantitative estimate of drug-likeness (QED) is 0.0220. The number of aliphatic hydroxyl groups is 3. The van der Waals surface area contributed by atoms with Crippen LogP contribution in [0.1, 0.15) is 149 Å². The minimum absolute atomic E-state index is 0.0259. The highest BCUT2D eigenvalue weighted by molar-refractivity contribution is 7.80. The van der Waals surface area contributed by atoms with Crippen molar-refractivity contribution in [1.29, 1.82) is 0 Å². The molecule has 0 aromatic rings. The number of hydrogen-bond donors (Lipinski definition) is 4. The van der Waals surface area contributed by atoms with Gasteiger partial charge in [0.1, 0.15) is 30.5 Å². The number of unbranched alkanes of at least 4 members (excludes halogenated alkanes) is 15. The Morgan fingerprint density at radius 3 is 1.89 bits per heavy atom. The van der Waals surface area contributed by atoms with E-state index < -0.39 is 59.8 Å². The standard InChI is InChI=1S/C40H72O12S/c1-3-5-7-9-11-13-15-17-19-21-23-25-27-29-36(42)50-34(32-48-30-28-26-24-22-20-18-16-14-12-10-8-6-4-2)33-49-40-38(44)39(52-53(45,46)47)37(43)35(31-41)51-40/h7,9,12-15,34-35,37-41,43-44H,3-6,8,10-11,16-33H2,1-2H3,(H,45,46,47)/b9-7-,14-12-,15-13-. The van der Waals surface area contributed by atoms with E-state index in [0.717, 1.165) is 70.6 Å². The molecule has 0 amide bonds. The molecule has 310 valence electrons. The number of esters is 1. The summed E-state index contributed by atoms with van der Waals surface area (Å²) in [6, 6.07) is 0. The third-order valence-corrected chi connectivity index (χ3v) is 9.43. The Morgan fingerprint density at radius 1 is 0.717 bits per heavy atom. The maximum atomic E-state index is 12.8. The van der Waals surface area contributed by atoms with Crippen molar-refractivity contribution in [3.05, 3.63) is 36.5 Å². The normalized spacial score (nSPS) is 21.7. The lowest BCUT2D eigenvalue weighted by Crippen LogP contribution is -2.60. The Hall–Kier alpha value is -1.68. The molecule has 0 aromatic heterocycles. The van der Waals surface area contributed by atoms with E-state index in [1.807, 2.05) is 0 Å². The number of aliphatic hydroxyl groups excluding tert-OH is 3. The number of rotatable bonds is 34. The predicted molar refractivity (Wildman–Crippen MR) is 207 cm³/mol.